The predicted octanol–water partition coefficient (Wildman–Crippen LogP) is 3.54. The molecule has 0 radical (unpaired) electrons. The summed E-state index contributed by atoms with van der Waals surface area (Å²) in [6.45, 7) is 3.27. The van der Waals surface area contributed by atoms with Crippen LogP contribution in [0.3, 0.4) is 0 Å². The maximum Gasteiger partial charge on any atom is 0.257 e. The van der Waals surface area contributed by atoms with Crippen LogP contribution >= 0.6 is 0 Å². The van der Waals surface area contributed by atoms with Crippen LogP contribution in [0.2, 0.25) is 0 Å². The van der Waals surface area contributed by atoms with E-state index in [-0.39, 0.29) is 11.9 Å². The summed E-state index contributed by atoms with van der Waals surface area (Å²) >= 11 is 0. The molecule has 1 amide bonds. The maximum absolute atomic E-state index is 12.9. The Morgan fingerprint density at radius 3 is 2.54 bits per heavy atom. The third kappa shape index (κ3) is 3.08. The van der Waals surface area contributed by atoms with Crippen molar-refractivity contribution in [1.29, 1.82) is 0 Å². The predicted molar refractivity (Wildman–Crippen MR) is 102 cm³/mol. The first-order valence-corrected chi connectivity index (χ1v) is 8.99. The summed E-state index contributed by atoms with van der Waals surface area (Å²) < 4.78 is 1.92. The van der Waals surface area contributed by atoms with Crippen LogP contribution in [0.25, 0.3) is 0 Å². The van der Waals surface area contributed by atoms with Gasteiger partial charge in [0.25, 0.3) is 5.91 Å². The van der Waals surface area contributed by atoms with E-state index in [1.165, 1.54) is 5.56 Å². The first-order chi connectivity index (χ1) is 12.8. The van der Waals surface area contributed by atoms with Gasteiger partial charge in [-0.2, -0.15) is 5.10 Å². The molecular weight excluding hydrogens is 324 g/mol. The molecule has 5 nitrogen and oxygen atoms in total. The Labute approximate surface area is 153 Å². The van der Waals surface area contributed by atoms with Gasteiger partial charge in [0.15, 0.2) is 0 Å². The van der Waals surface area contributed by atoms with E-state index in [1.54, 1.807) is 0 Å². The van der Waals surface area contributed by atoms with Gasteiger partial charge in [-0.3, -0.25) is 4.79 Å². The highest BCUT2D eigenvalue weighted by atomic mass is 16.1. The molecule has 132 valence electrons. The van der Waals surface area contributed by atoms with Crippen molar-refractivity contribution >= 4 is 11.7 Å². The van der Waals surface area contributed by atoms with Crippen LogP contribution < -0.4 is 10.6 Å². The molecule has 5 heteroatoms. The summed E-state index contributed by atoms with van der Waals surface area (Å²) in [5, 5.41) is 11.2. The lowest BCUT2D eigenvalue weighted by Crippen LogP contribution is -2.24. The Hall–Kier alpha value is -3.08. The minimum Gasteiger partial charge on any atom is -0.361 e. The van der Waals surface area contributed by atoms with Crippen LogP contribution in [0.5, 0.6) is 0 Å². The van der Waals surface area contributed by atoms with Crippen molar-refractivity contribution in [1.82, 2.24) is 15.1 Å². The second kappa shape index (κ2) is 7.04. The largest absolute Gasteiger partial charge is 0.361 e. The first kappa shape index (κ1) is 16.4. The number of carbonyl (C=O) groups excluding carboxylic acids is 1. The average Bonchev–Trinajstić information content (AvgIpc) is 3.25. The highest BCUT2D eigenvalue weighted by molar-refractivity contribution is 6.00. The first-order valence-electron chi connectivity index (χ1n) is 8.99. The molecule has 1 atom stereocenters. The van der Waals surface area contributed by atoms with Crippen LogP contribution in [-0.4, -0.2) is 15.7 Å². The van der Waals surface area contributed by atoms with Crippen molar-refractivity contribution in [2.75, 3.05) is 5.32 Å². The van der Waals surface area contributed by atoms with Gasteiger partial charge in [0.1, 0.15) is 11.4 Å². The molecule has 2 heterocycles. The molecule has 3 aromatic rings. The van der Waals surface area contributed by atoms with Gasteiger partial charge in [-0.1, -0.05) is 67.6 Å². The Morgan fingerprint density at radius 2 is 1.85 bits per heavy atom. The lowest BCUT2D eigenvalue weighted by atomic mass is 10.1. The Morgan fingerprint density at radius 1 is 1.15 bits per heavy atom. The number of carbonyl (C=O) groups is 1. The standard InChI is InChI=1S/C21H22N4O/c1-2-17-19(21(26)22-13-15-9-5-3-6-10-15)20-23-18(14-25(20)24-17)16-11-7-4-8-12-16/h3-12,18,23H,2,13-14H2,1H3,(H,22,26)/t18-/m0/s1. The van der Waals surface area contributed by atoms with E-state index in [4.69, 9.17) is 0 Å². The van der Waals surface area contributed by atoms with Crippen LogP contribution in [-0.2, 0) is 19.5 Å². The van der Waals surface area contributed by atoms with Gasteiger partial charge in [-0.15, -0.1) is 0 Å². The fraction of sp³-hybridized carbons (Fsp3) is 0.238. The molecule has 1 aliphatic heterocycles. The molecule has 1 aliphatic rings. The topological polar surface area (TPSA) is 59.0 Å². The molecule has 0 saturated heterocycles. The van der Waals surface area contributed by atoms with Crippen molar-refractivity contribution in [2.45, 2.75) is 32.5 Å². The maximum atomic E-state index is 12.9. The van der Waals surface area contributed by atoms with Crippen LogP contribution in [0, 0.1) is 0 Å². The van der Waals surface area contributed by atoms with Crippen molar-refractivity contribution < 1.29 is 4.79 Å². The second-order valence-electron chi connectivity index (χ2n) is 6.48. The van der Waals surface area contributed by atoms with Crippen molar-refractivity contribution in [2.24, 2.45) is 0 Å². The average molecular weight is 346 g/mol. The highest BCUT2D eigenvalue weighted by Gasteiger charge is 2.30. The molecule has 1 aromatic heterocycles. The fourth-order valence-electron chi connectivity index (χ4n) is 3.40. The number of nitrogens with one attached hydrogen (secondary N) is 2. The summed E-state index contributed by atoms with van der Waals surface area (Å²) in [6, 6.07) is 20.3. The third-order valence-corrected chi connectivity index (χ3v) is 4.75. The number of amides is 1. The zero-order valence-corrected chi connectivity index (χ0v) is 14.8. The van der Waals surface area contributed by atoms with Crippen LogP contribution in [0.1, 0.15) is 40.1 Å². The molecule has 4 rings (SSSR count). The molecule has 26 heavy (non-hydrogen) atoms. The molecule has 2 aromatic carbocycles. The molecule has 0 aliphatic carbocycles. The van der Waals surface area contributed by atoms with Gasteiger partial charge in [0, 0.05) is 6.54 Å². The van der Waals surface area contributed by atoms with Crippen molar-refractivity contribution in [3.63, 3.8) is 0 Å². The van der Waals surface area contributed by atoms with E-state index >= 15 is 0 Å². The minimum atomic E-state index is -0.0758. The van der Waals surface area contributed by atoms with Gasteiger partial charge < -0.3 is 10.6 Å². The SMILES string of the molecule is CCc1nn2c(c1C(=O)NCc1ccccc1)N[C@H](c1ccccc1)C2. The van der Waals surface area contributed by atoms with E-state index in [1.807, 2.05) is 60.1 Å². The summed E-state index contributed by atoms with van der Waals surface area (Å²) in [4.78, 5) is 12.9. The monoisotopic (exact) mass is 346 g/mol. The fourth-order valence-corrected chi connectivity index (χ4v) is 3.40. The minimum absolute atomic E-state index is 0.0758. The number of hydrogen-bond donors (Lipinski definition) is 2. The van der Waals surface area contributed by atoms with Gasteiger partial charge in [0.2, 0.25) is 0 Å². The number of nitrogens with zero attached hydrogens (tertiary/aromatic N) is 2. The number of benzene rings is 2. The van der Waals surface area contributed by atoms with Crippen molar-refractivity contribution in [3.8, 4) is 0 Å². The molecule has 0 unspecified atom stereocenters. The summed E-state index contributed by atoms with van der Waals surface area (Å²) in [5.41, 5.74) is 3.79. The van der Waals surface area contributed by atoms with E-state index in [2.05, 4.69) is 27.9 Å². The molecular formula is C21H22N4O. The molecule has 0 bridgehead atoms. The third-order valence-electron chi connectivity index (χ3n) is 4.75. The smallest absolute Gasteiger partial charge is 0.257 e. The lowest BCUT2D eigenvalue weighted by molar-refractivity contribution is 0.0951. The molecule has 2 N–H and O–H groups in total. The number of aryl methyl sites for hydroxylation is 1. The molecule has 0 spiro atoms. The van der Waals surface area contributed by atoms with Gasteiger partial charge >= 0.3 is 0 Å². The van der Waals surface area contributed by atoms with Gasteiger partial charge in [-0.25, -0.2) is 4.68 Å². The van der Waals surface area contributed by atoms with E-state index in [9.17, 15) is 4.79 Å². The zero-order valence-electron chi connectivity index (χ0n) is 14.8. The highest BCUT2D eigenvalue weighted by Crippen LogP contribution is 2.33. The number of aromatic nitrogens is 2. The van der Waals surface area contributed by atoms with Crippen molar-refractivity contribution in [3.05, 3.63) is 83.0 Å². The number of anilines is 1. The van der Waals surface area contributed by atoms with Gasteiger partial charge in [-0.05, 0) is 17.5 Å². The molecule has 0 fully saturated rings. The summed E-state index contributed by atoms with van der Waals surface area (Å²) in [7, 11) is 0. The Balaban J connectivity index is 1.55. The summed E-state index contributed by atoms with van der Waals surface area (Å²) in [6.07, 6.45) is 0.728. The Kier molecular flexibility index (Phi) is 4.44. The lowest BCUT2D eigenvalue weighted by Gasteiger charge is -2.12. The van der Waals surface area contributed by atoms with Gasteiger partial charge in [0.05, 0.1) is 18.3 Å². The number of hydrogen-bond acceptors (Lipinski definition) is 3. The number of rotatable bonds is 5. The second-order valence-corrected chi connectivity index (χ2v) is 6.48. The van der Waals surface area contributed by atoms with Crippen LogP contribution in [0.4, 0.5) is 5.82 Å². The zero-order chi connectivity index (χ0) is 17.9. The van der Waals surface area contributed by atoms with Crippen LogP contribution in [0.15, 0.2) is 60.7 Å². The Bertz CT molecular complexity index is 903. The number of fused-ring (bicyclic) bond motifs is 1. The van der Waals surface area contributed by atoms with E-state index in [0.29, 0.717) is 12.1 Å². The molecule has 0 saturated carbocycles. The van der Waals surface area contributed by atoms with E-state index in [0.717, 1.165) is 30.0 Å². The normalized spacial score (nSPS) is 15.3. The summed E-state index contributed by atoms with van der Waals surface area (Å²) in [5.74, 6) is 0.745. The van der Waals surface area contributed by atoms with E-state index < -0.39 is 0 Å². The quantitative estimate of drug-likeness (QED) is 0.743.